The standard InChI is InChI=1S/C12H23N3O3S/c1-11-9-13-4-2-3-12(13)10-15(11)19(16,17)14-5-7-18-8-6-14/h11-12H,2-10H2,1H3/t11-,12+/m1/s1. The molecule has 0 aromatic heterocycles. The van der Waals surface area contributed by atoms with Crippen LogP contribution in [0.15, 0.2) is 0 Å². The third-order valence-electron chi connectivity index (χ3n) is 4.47. The van der Waals surface area contributed by atoms with Crippen LogP contribution < -0.4 is 0 Å². The number of ether oxygens (including phenoxy) is 1. The zero-order valence-electron chi connectivity index (χ0n) is 11.5. The lowest BCUT2D eigenvalue weighted by Crippen LogP contribution is -2.60. The molecule has 3 heterocycles. The minimum absolute atomic E-state index is 0.0715. The van der Waals surface area contributed by atoms with Gasteiger partial charge >= 0.3 is 0 Å². The van der Waals surface area contributed by atoms with Crippen molar-refractivity contribution in [3.63, 3.8) is 0 Å². The molecular weight excluding hydrogens is 266 g/mol. The minimum Gasteiger partial charge on any atom is -0.379 e. The van der Waals surface area contributed by atoms with Gasteiger partial charge in [-0.25, -0.2) is 0 Å². The second kappa shape index (κ2) is 5.29. The molecule has 3 aliphatic heterocycles. The summed E-state index contributed by atoms with van der Waals surface area (Å²) in [7, 11) is -3.31. The van der Waals surface area contributed by atoms with Gasteiger partial charge in [0.25, 0.3) is 10.2 Å². The van der Waals surface area contributed by atoms with Gasteiger partial charge in [-0.3, -0.25) is 4.90 Å². The lowest BCUT2D eigenvalue weighted by molar-refractivity contribution is 0.0629. The smallest absolute Gasteiger partial charge is 0.282 e. The van der Waals surface area contributed by atoms with Crippen molar-refractivity contribution in [3.8, 4) is 0 Å². The van der Waals surface area contributed by atoms with Crippen LogP contribution in [0.1, 0.15) is 19.8 Å². The highest BCUT2D eigenvalue weighted by atomic mass is 32.2. The van der Waals surface area contributed by atoms with E-state index in [1.165, 1.54) is 6.42 Å². The highest BCUT2D eigenvalue weighted by Gasteiger charge is 2.42. The van der Waals surface area contributed by atoms with Crippen molar-refractivity contribution in [1.82, 2.24) is 13.5 Å². The van der Waals surface area contributed by atoms with Crippen molar-refractivity contribution < 1.29 is 13.2 Å². The van der Waals surface area contributed by atoms with Crippen LogP contribution in [-0.2, 0) is 14.9 Å². The normalized spacial score (nSPS) is 35.4. The summed E-state index contributed by atoms with van der Waals surface area (Å²) in [4.78, 5) is 2.44. The van der Waals surface area contributed by atoms with Gasteiger partial charge in [-0.1, -0.05) is 0 Å². The highest BCUT2D eigenvalue weighted by Crippen LogP contribution is 2.27. The second-order valence-electron chi connectivity index (χ2n) is 5.73. The van der Waals surface area contributed by atoms with Gasteiger partial charge in [-0.05, 0) is 26.3 Å². The molecule has 3 aliphatic rings. The number of fused-ring (bicyclic) bond motifs is 1. The van der Waals surface area contributed by atoms with Crippen molar-refractivity contribution in [2.75, 3.05) is 45.9 Å². The summed E-state index contributed by atoms with van der Waals surface area (Å²) in [5.74, 6) is 0. The molecule has 0 aromatic rings. The summed E-state index contributed by atoms with van der Waals surface area (Å²) in [6, 6.07) is 0.495. The summed E-state index contributed by atoms with van der Waals surface area (Å²) < 4.78 is 34.0. The maximum Gasteiger partial charge on any atom is 0.282 e. The lowest BCUT2D eigenvalue weighted by atomic mass is 10.1. The van der Waals surface area contributed by atoms with Gasteiger partial charge in [-0.2, -0.15) is 17.0 Å². The maximum atomic E-state index is 12.7. The van der Waals surface area contributed by atoms with Gasteiger partial charge in [-0.15, -0.1) is 0 Å². The first-order valence-corrected chi connectivity index (χ1v) is 8.57. The van der Waals surface area contributed by atoms with E-state index < -0.39 is 10.2 Å². The van der Waals surface area contributed by atoms with Gasteiger partial charge in [0.05, 0.1) is 13.2 Å². The first-order valence-electron chi connectivity index (χ1n) is 7.18. The summed E-state index contributed by atoms with van der Waals surface area (Å²) in [6.07, 6.45) is 2.32. The van der Waals surface area contributed by atoms with Crippen molar-refractivity contribution in [2.45, 2.75) is 31.8 Å². The average molecular weight is 289 g/mol. The Kier molecular flexibility index (Phi) is 3.83. The van der Waals surface area contributed by atoms with E-state index in [2.05, 4.69) is 4.90 Å². The van der Waals surface area contributed by atoms with Crippen LogP contribution in [0.2, 0.25) is 0 Å². The van der Waals surface area contributed by atoms with E-state index in [-0.39, 0.29) is 6.04 Å². The molecule has 3 saturated heterocycles. The van der Waals surface area contributed by atoms with Crippen molar-refractivity contribution in [1.29, 1.82) is 0 Å². The molecule has 19 heavy (non-hydrogen) atoms. The number of nitrogens with zero attached hydrogens (tertiary/aromatic N) is 3. The van der Waals surface area contributed by atoms with Crippen LogP contribution in [0.4, 0.5) is 0 Å². The van der Waals surface area contributed by atoms with Crippen LogP contribution >= 0.6 is 0 Å². The molecule has 7 heteroatoms. The van der Waals surface area contributed by atoms with E-state index in [0.717, 1.165) is 19.5 Å². The Morgan fingerprint density at radius 2 is 1.84 bits per heavy atom. The molecule has 0 N–H and O–H groups in total. The van der Waals surface area contributed by atoms with Crippen LogP contribution in [0.5, 0.6) is 0 Å². The summed E-state index contributed by atoms with van der Waals surface area (Å²) in [5, 5.41) is 0. The Morgan fingerprint density at radius 3 is 2.58 bits per heavy atom. The van der Waals surface area contributed by atoms with Gasteiger partial charge in [0.2, 0.25) is 0 Å². The Hall–Kier alpha value is -0.210. The SMILES string of the molecule is C[C@@H]1CN2CCC[C@H]2CN1S(=O)(=O)N1CCOCC1. The molecule has 0 saturated carbocycles. The molecule has 0 unspecified atom stereocenters. The molecule has 110 valence electrons. The van der Waals surface area contributed by atoms with E-state index in [1.54, 1.807) is 8.61 Å². The maximum absolute atomic E-state index is 12.7. The van der Waals surface area contributed by atoms with E-state index in [4.69, 9.17) is 4.74 Å². The van der Waals surface area contributed by atoms with Crippen LogP contribution in [0.3, 0.4) is 0 Å². The zero-order valence-corrected chi connectivity index (χ0v) is 12.3. The molecular formula is C12H23N3O3S. The molecule has 0 bridgehead atoms. The Labute approximate surface area is 115 Å². The number of morpholine rings is 1. The number of piperazine rings is 1. The Balaban J connectivity index is 1.76. The largest absolute Gasteiger partial charge is 0.379 e. The lowest BCUT2D eigenvalue weighted by Gasteiger charge is -2.43. The molecule has 0 amide bonds. The van der Waals surface area contributed by atoms with E-state index in [0.29, 0.717) is 38.9 Å². The van der Waals surface area contributed by atoms with E-state index in [1.807, 2.05) is 6.92 Å². The predicted octanol–water partition coefficient (Wildman–Crippen LogP) is -0.268. The zero-order chi connectivity index (χ0) is 13.5. The second-order valence-corrected chi connectivity index (χ2v) is 7.61. The Bertz CT molecular complexity index is 422. The highest BCUT2D eigenvalue weighted by molar-refractivity contribution is 7.86. The van der Waals surface area contributed by atoms with Gasteiger partial charge < -0.3 is 4.74 Å². The average Bonchev–Trinajstić information content (AvgIpc) is 2.85. The predicted molar refractivity (Wildman–Crippen MR) is 72.1 cm³/mol. The number of hydrogen-bond acceptors (Lipinski definition) is 4. The van der Waals surface area contributed by atoms with Gasteiger partial charge in [0.1, 0.15) is 0 Å². The minimum atomic E-state index is -3.31. The molecule has 0 radical (unpaired) electrons. The van der Waals surface area contributed by atoms with Crippen molar-refractivity contribution >= 4 is 10.2 Å². The van der Waals surface area contributed by atoms with Crippen molar-refractivity contribution in [3.05, 3.63) is 0 Å². The molecule has 6 nitrogen and oxygen atoms in total. The summed E-state index contributed by atoms with van der Waals surface area (Å²) in [5.41, 5.74) is 0. The van der Waals surface area contributed by atoms with Crippen molar-refractivity contribution in [2.24, 2.45) is 0 Å². The van der Waals surface area contributed by atoms with E-state index >= 15 is 0 Å². The quantitative estimate of drug-likeness (QED) is 0.702. The summed E-state index contributed by atoms with van der Waals surface area (Å²) >= 11 is 0. The van der Waals surface area contributed by atoms with Gasteiger partial charge in [0, 0.05) is 38.3 Å². The molecule has 3 fully saturated rings. The summed E-state index contributed by atoms with van der Waals surface area (Å²) in [6.45, 7) is 6.66. The van der Waals surface area contributed by atoms with Gasteiger partial charge in [0.15, 0.2) is 0 Å². The topological polar surface area (TPSA) is 53.1 Å². The fourth-order valence-corrected chi connectivity index (χ4v) is 5.20. The fraction of sp³-hybridized carbons (Fsp3) is 1.00. The van der Waals surface area contributed by atoms with Crippen LogP contribution in [0, 0.1) is 0 Å². The number of rotatable bonds is 2. The monoisotopic (exact) mass is 289 g/mol. The van der Waals surface area contributed by atoms with Crippen LogP contribution in [0.25, 0.3) is 0 Å². The Morgan fingerprint density at radius 1 is 1.11 bits per heavy atom. The molecule has 0 aliphatic carbocycles. The molecule has 0 spiro atoms. The molecule has 2 atom stereocenters. The van der Waals surface area contributed by atoms with Crippen LogP contribution in [-0.4, -0.2) is 79.9 Å². The van der Waals surface area contributed by atoms with E-state index in [9.17, 15) is 8.42 Å². The third kappa shape index (κ3) is 2.54. The first kappa shape index (κ1) is 13.8. The number of hydrogen-bond donors (Lipinski definition) is 0. The molecule has 0 aromatic carbocycles. The fourth-order valence-electron chi connectivity index (χ4n) is 3.41. The third-order valence-corrected chi connectivity index (χ3v) is 6.59. The first-order chi connectivity index (χ1) is 9.09. The molecule has 3 rings (SSSR count).